The second kappa shape index (κ2) is 8.39. The van der Waals surface area contributed by atoms with Gasteiger partial charge in [-0.15, -0.1) is 0 Å². The van der Waals surface area contributed by atoms with E-state index >= 15 is 0 Å². The van der Waals surface area contributed by atoms with Crippen molar-refractivity contribution in [2.24, 2.45) is 0 Å². The Morgan fingerprint density at radius 2 is 1.17 bits per heavy atom. The van der Waals surface area contributed by atoms with Gasteiger partial charge >= 0.3 is 0 Å². The van der Waals surface area contributed by atoms with Crippen molar-refractivity contribution in [3.8, 4) is 0 Å². The van der Waals surface area contributed by atoms with Crippen LogP contribution in [-0.4, -0.2) is 21.8 Å². The molecule has 4 aromatic rings. The van der Waals surface area contributed by atoms with Crippen molar-refractivity contribution in [2.45, 2.75) is 12.8 Å². The Bertz CT molecular complexity index is 1020. The maximum atomic E-state index is 10.8. The number of nitrogens with one attached hydrogen (secondary N) is 3. The molecule has 3 heterocycles. The molecule has 0 fully saturated rings. The van der Waals surface area contributed by atoms with E-state index in [1.54, 1.807) is 6.33 Å². The second-order valence-corrected chi connectivity index (χ2v) is 6.68. The molecule has 1 aromatic heterocycles. The molecule has 3 N–H and O–H groups in total. The lowest BCUT2D eigenvalue weighted by Gasteiger charge is -1.93. The number of fused-ring (bicyclic) bond motifs is 3. The minimum atomic E-state index is 0.0983. The van der Waals surface area contributed by atoms with E-state index < -0.39 is 0 Å². The van der Waals surface area contributed by atoms with Crippen LogP contribution in [0.25, 0.3) is 11.0 Å². The zero-order valence-corrected chi connectivity index (χ0v) is 15.7. The third-order valence-electron chi connectivity index (χ3n) is 4.61. The summed E-state index contributed by atoms with van der Waals surface area (Å²) in [4.78, 5) is 28.6. The number of H-pyrrole nitrogens is 1. The number of para-hydroxylation sites is 4. The number of hydrogen-bond acceptors (Lipinski definition) is 3. The molecule has 144 valence electrons. The van der Waals surface area contributed by atoms with E-state index in [1.165, 1.54) is 0 Å². The Kier molecular flexibility index (Phi) is 5.33. The van der Waals surface area contributed by atoms with Gasteiger partial charge in [-0.2, -0.15) is 0 Å². The molecule has 6 nitrogen and oxygen atoms in total. The first-order valence-electron chi connectivity index (χ1n) is 9.32. The number of nitrogens with zero attached hydrogens (tertiary/aromatic N) is 1. The average molecular weight is 384 g/mol. The van der Waals surface area contributed by atoms with E-state index in [2.05, 4.69) is 20.6 Å². The highest BCUT2D eigenvalue weighted by Gasteiger charge is 2.15. The van der Waals surface area contributed by atoms with Gasteiger partial charge in [0.05, 0.1) is 30.2 Å². The molecule has 2 aliphatic heterocycles. The van der Waals surface area contributed by atoms with E-state index in [4.69, 9.17) is 0 Å². The highest BCUT2D eigenvalue weighted by atomic mass is 16.2. The summed E-state index contributed by atoms with van der Waals surface area (Å²) in [5.41, 5.74) is 6.26. The second-order valence-electron chi connectivity index (χ2n) is 6.68. The third kappa shape index (κ3) is 4.50. The fourth-order valence-electron chi connectivity index (χ4n) is 3.21. The number of amides is 2. The molecule has 0 saturated carbocycles. The van der Waals surface area contributed by atoms with Crippen LogP contribution in [0.5, 0.6) is 0 Å². The first-order valence-corrected chi connectivity index (χ1v) is 9.32. The lowest BCUT2D eigenvalue weighted by atomic mass is 10.2. The highest BCUT2D eigenvalue weighted by molar-refractivity contribution is 5.99. The molecule has 0 atom stereocenters. The SMILES string of the molecule is O=C1Cc2ccccc2N1.O=C1Cc2ccccc2N1.c1ccc2[nH]cnc2c1. The summed E-state index contributed by atoms with van der Waals surface area (Å²) in [5, 5.41) is 5.52. The molecule has 6 rings (SSSR count). The molecule has 0 spiro atoms. The molecule has 0 radical (unpaired) electrons. The predicted octanol–water partition coefficient (Wildman–Crippen LogP) is 3.93. The van der Waals surface area contributed by atoms with Gasteiger partial charge in [-0.1, -0.05) is 48.5 Å². The molecule has 6 heteroatoms. The third-order valence-corrected chi connectivity index (χ3v) is 4.61. The van der Waals surface area contributed by atoms with Gasteiger partial charge < -0.3 is 15.6 Å². The average Bonchev–Trinajstić information content (AvgIpc) is 3.44. The number of rotatable bonds is 0. The zero-order chi connectivity index (χ0) is 20.1. The van der Waals surface area contributed by atoms with Crippen LogP contribution in [0.3, 0.4) is 0 Å². The minimum absolute atomic E-state index is 0.0983. The van der Waals surface area contributed by atoms with Crippen molar-refractivity contribution in [3.05, 3.63) is 90.3 Å². The summed E-state index contributed by atoms with van der Waals surface area (Å²) >= 11 is 0. The summed E-state index contributed by atoms with van der Waals surface area (Å²) in [7, 11) is 0. The zero-order valence-electron chi connectivity index (χ0n) is 15.7. The molecule has 0 unspecified atom stereocenters. The molecule has 29 heavy (non-hydrogen) atoms. The Hall–Kier alpha value is -3.93. The van der Waals surface area contributed by atoms with Gasteiger partial charge in [0.2, 0.25) is 11.8 Å². The number of benzene rings is 3. The smallest absolute Gasteiger partial charge is 0.228 e. The molecular formula is C23H20N4O2. The molecule has 0 saturated heterocycles. The maximum absolute atomic E-state index is 10.8. The van der Waals surface area contributed by atoms with E-state index in [-0.39, 0.29) is 11.8 Å². The van der Waals surface area contributed by atoms with Crippen LogP contribution in [0.1, 0.15) is 11.1 Å². The Morgan fingerprint density at radius 3 is 1.72 bits per heavy atom. The first kappa shape index (κ1) is 18.4. The number of carbonyl (C=O) groups is 2. The van der Waals surface area contributed by atoms with E-state index in [0.29, 0.717) is 12.8 Å². The number of imidazole rings is 1. The van der Waals surface area contributed by atoms with Crippen LogP contribution in [0, 0.1) is 0 Å². The number of hydrogen-bond donors (Lipinski definition) is 3. The van der Waals surface area contributed by atoms with Gasteiger partial charge in [-0.05, 0) is 35.4 Å². The van der Waals surface area contributed by atoms with Crippen molar-refractivity contribution in [1.82, 2.24) is 9.97 Å². The van der Waals surface area contributed by atoms with Gasteiger partial charge in [-0.3, -0.25) is 9.59 Å². The van der Waals surface area contributed by atoms with Crippen LogP contribution in [0.4, 0.5) is 11.4 Å². The predicted molar refractivity (Wildman–Crippen MR) is 114 cm³/mol. The van der Waals surface area contributed by atoms with Crippen molar-refractivity contribution >= 4 is 34.2 Å². The van der Waals surface area contributed by atoms with Crippen LogP contribution in [-0.2, 0) is 22.4 Å². The van der Waals surface area contributed by atoms with Crippen molar-refractivity contribution in [3.63, 3.8) is 0 Å². The van der Waals surface area contributed by atoms with Crippen molar-refractivity contribution in [1.29, 1.82) is 0 Å². The Morgan fingerprint density at radius 1 is 0.655 bits per heavy atom. The fourth-order valence-corrected chi connectivity index (χ4v) is 3.21. The first-order chi connectivity index (χ1) is 14.2. The van der Waals surface area contributed by atoms with Gasteiger partial charge in [0.1, 0.15) is 0 Å². The van der Waals surface area contributed by atoms with E-state index in [1.807, 2.05) is 72.8 Å². The van der Waals surface area contributed by atoms with Crippen LogP contribution < -0.4 is 10.6 Å². The van der Waals surface area contributed by atoms with Crippen LogP contribution in [0.2, 0.25) is 0 Å². The van der Waals surface area contributed by atoms with E-state index in [0.717, 1.165) is 33.5 Å². The largest absolute Gasteiger partial charge is 0.345 e. The lowest BCUT2D eigenvalue weighted by molar-refractivity contribution is -0.115. The quantitative estimate of drug-likeness (QED) is 0.429. The molecular weight excluding hydrogens is 364 g/mol. The Labute approximate surface area is 168 Å². The van der Waals surface area contributed by atoms with Gasteiger partial charge in [0.25, 0.3) is 0 Å². The van der Waals surface area contributed by atoms with Crippen LogP contribution >= 0.6 is 0 Å². The summed E-state index contributed by atoms with van der Waals surface area (Å²) in [6, 6.07) is 23.4. The highest BCUT2D eigenvalue weighted by Crippen LogP contribution is 2.21. The van der Waals surface area contributed by atoms with Crippen LogP contribution in [0.15, 0.2) is 79.1 Å². The monoisotopic (exact) mass is 384 g/mol. The standard InChI is InChI=1S/2C8H7NO.C7H6N2/c2*10-8-5-6-3-1-2-4-7(6)9-8;1-2-4-7-6(3-1)8-5-9-7/h2*1-4H,5H2,(H,9,10);1-5H,(H,8,9). The molecule has 0 aliphatic carbocycles. The van der Waals surface area contributed by atoms with E-state index in [9.17, 15) is 9.59 Å². The molecule has 0 bridgehead atoms. The topological polar surface area (TPSA) is 86.9 Å². The molecule has 3 aromatic carbocycles. The molecule has 2 amide bonds. The fraction of sp³-hybridized carbons (Fsp3) is 0.0870. The number of aromatic nitrogens is 2. The van der Waals surface area contributed by atoms with Crippen molar-refractivity contribution in [2.75, 3.05) is 10.6 Å². The number of anilines is 2. The minimum Gasteiger partial charge on any atom is -0.345 e. The Balaban J connectivity index is 0.000000106. The number of aromatic amines is 1. The normalized spacial score (nSPS) is 13.2. The summed E-state index contributed by atoms with van der Waals surface area (Å²) in [5.74, 6) is 0.197. The van der Waals surface area contributed by atoms with Crippen molar-refractivity contribution < 1.29 is 9.59 Å². The summed E-state index contributed by atoms with van der Waals surface area (Å²) in [6.07, 6.45) is 2.77. The number of carbonyl (C=O) groups excluding carboxylic acids is 2. The maximum Gasteiger partial charge on any atom is 0.228 e. The van der Waals surface area contributed by atoms with Gasteiger partial charge in [0.15, 0.2) is 0 Å². The summed E-state index contributed by atoms with van der Waals surface area (Å²) in [6.45, 7) is 0. The molecule has 2 aliphatic rings. The lowest BCUT2D eigenvalue weighted by Crippen LogP contribution is -2.03. The van der Waals surface area contributed by atoms with Gasteiger partial charge in [-0.25, -0.2) is 4.98 Å². The van der Waals surface area contributed by atoms with Gasteiger partial charge in [0, 0.05) is 11.4 Å². The summed E-state index contributed by atoms with van der Waals surface area (Å²) < 4.78 is 0.